The van der Waals surface area contributed by atoms with Gasteiger partial charge >= 0.3 is 12.1 Å². The highest BCUT2D eigenvalue weighted by molar-refractivity contribution is 5.96. The fourth-order valence-corrected chi connectivity index (χ4v) is 1.62. The number of hydrogen-bond acceptors (Lipinski definition) is 3. The molecule has 1 aromatic carbocycles. The molecule has 0 atom stereocenters. The molecule has 0 aliphatic rings. The van der Waals surface area contributed by atoms with E-state index in [1.165, 1.54) is 4.90 Å². The van der Waals surface area contributed by atoms with Gasteiger partial charge in [0.15, 0.2) is 0 Å². The fraction of sp³-hybridized carbons (Fsp3) is 0.429. The first kappa shape index (κ1) is 14.2. The zero-order valence-corrected chi connectivity index (χ0v) is 11.1. The number of nitrogens with zero attached hydrogens (tertiary/aromatic N) is 1. The van der Waals surface area contributed by atoms with E-state index in [0.717, 1.165) is 12.0 Å². The molecule has 0 bridgehead atoms. The van der Waals surface area contributed by atoms with Crippen molar-refractivity contribution in [1.29, 1.82) is 0 Å². The number of esters is 1. The number of ether oxygens (including phenoxy) is 1. The fourth-order valence-electron chi connectivity index (χ4n) is 1.62. The second-order valence-electron chi connectivity index (χ2n) is 4.10. The molecular weight excluding hydrogens is 230 g/mol. The zero-order chi connectivity index (χ0) is 13.5. The number of benzene rings is 1. The molecular formula is C14H19NO3. The van der Waals surface area contributed by atoms with Gasteiger partial charge in [0.1, 0.15) is 0 Å². The average molecular weight is 249 g/mol. The molecule has 0 saturated carbocycles. The van der Waals surface area contributed by atoms with E-state index in [4.69, 9.17) is 4.74 Å². The minimum atomic E-state index is -0.599. The summed E-state index contributed by atoms with van der Waals surface area (Å²) in [6.07, 6.45) is 0.257. The van der Waals surface area contributed by atoms with Crippen LogP contribution < -0.4 is 0 Å². The molecule has 0 aliphatic heterocycles. The Morgan fingerprint density at radius 2 is 2.00 bits per heavy atom. The van der Waals surface area contributed by atoms with Crippen LogP contribution in [0.2, 0.25) is 0 Å². The topological polar surface area (TPSA) is 46.6 Å². The van der Waals surface area contributed by atoms with E-state index in [1.54, 1.807) is 18.2 Å². The van der Waals surface area contributed by atoms with Gasteiger partial charge in [-0.3, -0.25) is 0 Å². The van der Waals surface area contributed by atoms with E-state index in [0.29, 0.717) is 18.7 Å². The van der Waals surface area contributed by atoms with Crippen molar-refractivity contribution < 1.29 is 14.3 Å². The Kier molecular flexibility index (Phi) is 5.36. The van der Waals surface area contributed by atoms with Gasteiger partial charge in [-0.25, -0.2) is 9.59 Å². The lowest BCUT2D eigenvalue weighted by Gasteiger charge is -2.18. The summed E-state index contributed by atoms with van der Waals surface area (Å²) in [6, 6.07) is 6.98. The molecule has 4 nitrogen and oxygen atoms in total. The summed E-state index contributed by atoms with van der Waals surface area (Å²) in [5.74, 6) is -0.599. The second-order valence-corrected chi connectivity index (χ2v) is 4.10. The van der Waals surface area contributed by atoms with Gasteiger partial charge < -0.3 is 9.64 Å². The lowest BCUT2D eigenvalue weighted by molar-refractivity contribution is 0.0546. The first-order chi connectivity index (χ1) is 8.58. The van der Waals surface area contributed by atoms with Crippen molar-refractivity contribution in [3.63, 3.8) is 0 Å². The molecule has 0 N–H and O–H groups in total. The number of hydrogen-bond donors (Lipinski definition) is 0. The molecule has 0 aliphatic carbocycles. The Hall–Kier alpha value is -1.84. The van der Waals surface area contributed by atoms with Crippen LogP contribution in [0.4, 0.5) is 4.79 Å². The van der Waals surface area contributed by atoms with Gasteiger partial charge in [-0.05, 0) is 32.4 Å². The first-order valence-corrected chi connectivity index (χ1v) is 6.16. The summed E-state index contributed by atoms with van der Waals surface area (Å²) in [5, 5.41) is 0. The van der Waals surface area contributed by atoms with E-state index < -0.39 is 12.1 Å². The van der Waals surface area contributed by atoms with E-state index >= 15 is 0 Å². The Balaban J connectivity index is 2.67. The molecule has 0 saturated heterocycles. The van der Waals surface area contributed by atoms with Gasteiger partial charge in [-0.1, -0.05) is 24.6 Å². The number of carbonyl (C=O) groups excluding carboxylic acids is 2. The van der Waals surface area contributed by atoms with Crippen molar-refractivity contribution in [3.8, 4) is 0 Å². The zero-order valence-electron chi connectivity index (χ0n) is 11.1. The smallest absolute Gasteiger partial charge is 0.372 e. The average Bonchev–Trinajstić information content (AvgIpc) is 2.35. The largest absolute Gasteiger partial charge is 0.417 e. The molecule has 18 heavy (non-hydrogen) atoms. The van der Waals surface area contributed by atoms with E-state index in [-0.39, 0.29) is 0 Å². The van der Waals surface area contributed by atoms with Gasteiger partial charge in [0, 0.05) is 13.1 Å². The van der Waals surface area contributed by atoms with Crippen molar-refractivity contribution >= 4 is 12.1 Å². The van der Waals surface area contributed by atoms with E-state index in [1.807, 2.05) is 26.8 Å². The number of aryl methyl sites for hydroxylation is 1. The maximum absolute atomic E-state index is 11.8. The van der Waals surface area contributed by atoms with Crippen LogP contribution in [0.15, 0.2) is 24.3 Å². The molecule has 0 unspecified atom stereocenters. The summed E-state index contributed by atoms with van der Waals surface area (Å²) in [7, 11) is 0. The minimum absolute atomic E-state index is 0.399. The van der Waals surface area contributed by atoms with Gasteiger partial charge in [0.2, 0.25) is 0 Å². The van der Waals surface area contributed by atoms with Crippen LogP contribution >= 0.6 is 0 Å². The predicted molar refractivity (Wildman–Crippen MR) is 69.5 cm³/mol. The third kappa shape index (κ3) is 3.87. The van der Waals surface area contributed by atoms with Gasteiger partial charge in [-0.15, -0.1) is 0 Å². The van der Waals surface area contributed by atoms with Crippen molar-refractivity contribution in [2.75, 3.05) is 13.1 Å². The van der Waals surface area contributed by atoms with Gasteiger partial charge in [0.05, 0.1) is 5.56 Å². The Labute approximate surface area is 108 Å². The first-order valence-electron chi connectivity index (χ1n) is 6.16. The third-order valence-electron chi connectivity index (χ3n) is 2.57. The molecule has 98 valence electrons. The quantitative estimate of drug-likeness (QED) is 0.608. The Morgan fingerprint density at radius 3 is 2.56 bits per heavy atom. The minimum Gasteiger partial charge on any atom is -0.372 e. The van der Waals surface area contributed by atoms with Crippen molar-refractivity contribution in [3.05, 3.63) is 35.4 Å². The summed E-state index contributed by atoms with van der Waals surface area (Å²) < 4.78 is 4.85. The van der Waals surface area contributed by atoms with Gasteiger partial charge in [0.25, 0.3) is 0 Å². The molecule has 0 heterocycles. The van der Waals surface area contributed by atoms with Gasteiger partial charge in [-0.2, -0.15) is 0 Å². The van der Waals surface area contributed by atoms with Crippen LogP contribution in [0.3, 0.4) is 0 Å². The van der Waals surface area contributed by atoms with Crippen LogP contribution in [0, 0.1) is 6.92 Å². The molecule has 0 radical (unpaired) electrons. The van der Waals surface area contributed by atoms with Crippen molar-refractivity contribution in [2.24, 2.45) is 0 Å². The predicted octanol–water partition coefficient (Wildman–Crippen LogP) is 3.00. The summed E-state index contributed by atoms with van der Waals surface area (Å²) >= 11 is 0. The maximum atomic E-state index is 11.8. The molecule has 4 heteroatoms. The van der Waals surface area contributed by atoms with E-state index in [2.05, 4.69) is 0 Å². The van der Waals surface area contributed by atoms with Crippen molar-refractivity contribution in [1.82, 2.24) is 4.90 Å². The Morgan fingerprint density at radius 1 is 1.28 bits per heavy atom. The van der Waals surface area contributed by atoms with Crippen LogP contribution in [-0.4, -0.2) is 30.1 Å². The maximum Gasteiger partial charge on any atom is 0.417 e. The normalized spacial score (nSPS) is 9.94. The number of amides is 1. The standard InChI is InChI=1S/C14H19NO3/c1-4-9-15(5-2)14(17)18-13(16)12-8-6-7-11(3)10-12/h6-8,10H,4-5,9H2,1-3H3. The van der Waals surface area contributed by atoms with Crippen LogP contribution in [-0.2, 0) is 4.74 Å². The lowest BCUT2D eigenvalue weighted by Crippen LogP contribution is -2.33. The molecule has 1 aromatic rings. The molecule has 1 amide bonds. The van der Waals surface area contributed by atoms with E-state index in [9.17, 15) is 9.59 Å². The summed E-state index contributed by atoms with van der Waals surface area (Å²) in [4.78, 5) is 25.0. The number of rotatable bonds is 4. The van der Waals surface area contributed by atoms with Crippen molar-refractivity contribution in [2.45, 2.75) is 27.2 Å². The molecule has 0 fully saturated rings. The highest BCUT2D eigenvalue weighted by Gasteiger charge is 2.17. The molecule has 1 rings (SSSR count). The SMILES string of the molecule is CCCN(CC)C(=O)OC(=O)c1cccc(C)c1. The molecule has 0 aromatic heterocycles. The summed E-state index contributed by atoms with van der Waals surface area (Å²) in [6.45, 7) is 6.84. The van der Waals surface area contributed by atoms with Crippen LogP contribution in [0.25, 0.3) is 0 Å². The highest BCUT2D eigenvalue weighted by atomic mass is 16.6. The molecule has 0 spiro atoms. The second kappa shape index (κ2) is 6.79. The lowest BCUT2D eigenvalue weighted by atomic mass is 10.1. The summed E-state index contributed by atoms with van der Waals surface area (Å²) in [5.41, 5.74) is 1.36. The number of carbonyl (C=O) groups is 2. The van der Waals surface area contributed by atoms with Crippen LogP contribution in [0.1, 0.15) is 36.2 Å². The third-order valence-corrected chi connectivity index (χ3v) is 2.57. The Bertz CT molecular complexity index is 429. The van der Waals surface area contributed by atoms with Crippen LogP contribution in [0.5, 0.6) is 0 Å². The monoisotopic (exact) mass is 249 g/mol. The highest BCUT2D eigenvalue weighted by Crippen LogP contribution is 2.07.